The summed E-state index contributed by atoms with van der Waals surface area (Å²) in [6.07, 6.45) is 3.54. The highest BCUT2D eigenvalue weighted by atomic mass is 35.5. The summed E-state index contributed by atoms with van der Waals surface area (Å²) in [4.78, 5) is 18.6. The molecule has 1 aliphatic rings. The minimum absolute atomic E-state index is 0.0664. The molecule has 0 bridgehead atoms. The molecule has 1 aliphatic heterocycles. The quantitative estimate of drug-likeness (QED) is 0.502. The first-order valence-corrected chi connectivity index (χ1v) is 12.0. The molecule has 2 atom stereocenters. The average Bonchev–Trinajstić information content (AvgIpc) is 3.47. The Bertz CT molecular complexity index is 1250. The minimum atomic E-state index is -3.77. The van der Waals surface area contributed by atoms with Gasteiger partial charge in [-0.1, -0.05) is 23.7 Å². The van der Waals surface area contributed by atoms with Gasteiger partial charge in [-0.3, -0.25) is 0 Å². The van der Waals surface area contributed by atoms with Crippen molar-refractivity contribution in [3.8, 4) is 0 Å². The van der Waals surface area contributed by atoms with E-state index in [0.29, 0.717) is 12.4 Å². The number of rotatable bonds is 6. The largest absolute Gasteiger partial charge is 0.467 e. The number of imidazole rings is 1. The van der Waals surface area contributed by atoms with Crippen molar-refractivity contribution >= 4 is 33.2 Å². The predicted molar refractivity (Wildman–Crippen MR) is 119 cm³/mol. The number of benzene rings is 1. The number of carbonyl (C=O) groups is 1. The zero-order chi connectivity index (χ0) is 23.0. The van der Waals surface area contributed by atoms with Crippen molar-refractivity contribution in [1.29, 1.82) is 0 Å². The second-order valence-electron chi connectivity index (χ2n) is 7.82. The average molecular weight is 478 g/mol. The number of hydrogen-bond donors (Lipinski definition) is 0. The summed E-state index contributed by atoms with van der Waals surface area (Å²) in [5, 5.41) is 3.90. The van der Waals surface area contributed by atoms with Gasteiger partial charge in [-0.15, -0.1) is 0 Å². The molecular weight excluding hydrogens is 454 g/mol. The van der Waals surface area contributed by atoms with E-state index < -0.39 is 27.1 Å². The SMILES string of the molecule is COC(=O)[C@@H]1C[C@@H](S(=O)(=O)c2ccccc2Cl)CN1c1cc(C)nn1Cc1cncn1C. The Morgan fingerprint density at radius 1 is 1.31 bits per heavy atom. The van der Waals surface area contributed by atoms with Crippen molar-refractivity contribution in [2.75, 3.05) is 18.6 Å². The Balaban J connectivity index is 1.72. The van der Waals surface area contributed by atoms with Crippen LogP contribution in [0.5, 0.6) is 0 Å². The van der Waals surface area contributed by atoms with Crippen molar-refractivity contribution in [1.82, 2.24) is 19.3 Å². The van der Waals surface area contributed by atoms with Crippen LogP contribution in [-0.4, -0.2) is 58.7 Å². The monoisotopic (exact) mass is 477 g/mol. The number of ether oxygens (including phenoxy) is 1. The Morgan fingerprint density at radius 3 is 2.72 bits per heavy atom. The molecule has 2 aromatic heterocycles. The molecule has 11 heteroatoms. The molecule has 9 nitrogen and oxygen atoms in total. The molecular formula is C21H24ClN5O4S. The highest BCUT2D eigenvalue weighted by Crippen LogP contribution is 2.35. The van der Waals surface area contributed by atoms with Gasteiger partial charge in [0.25, 0.3) is 0 Å². The number of hydrogen-bond acceptors (Lipinski definition) is 7. The molecule has 0 amide bonds. The van der Waals surface area contributed by atoms with Crippen molar-refractivity contribution in [3.05, 3.63) is 59.3 Å². The Kier molecular flexibility index (Phi) is 6.00. The van der Waals surface area contributed by atoms with Crippen LogP contribution in [0.4, 0.5) is 5.82 Å². The summed E-state index contributed by atoms with van der Waals surface area (Å²) in [5.74, 6) is 0.156. The molecule has 0 saturated carbocycles. The van der Waals surface area contributed by atoms with Gasteiger partial charge in [-0.25, -0.2) is 22.9 Å². The van der Waals surface area contributed by atoms with Gasteiger partial charge in [0.15, 0.2) is 9.84 Å². The van der Waals surface area contributed by atoms with Gasteiger partial charge in [0.2, 0.25) is 0 Å². The number of carbonyl (C=O) groups excluding carboxylic acids is 1. The molecule has 0 unspecified atom stereocenters. The maximum Gasteiger partial charge on any atom is 0.328 e. The molecule has 4 rings (SSSR count). The smallest absolute Gasteiger partial charge is 0.328 e. The van der Waals surface area contributed by atoms with Gasteiger partial charge in [0.1, 0.15) is 11.9 Å². The molecule has 0 spiro atoms. The summed E-state index contributed by atoms with van der Waals surface area (Å²) >= 11 is 6.18. The summed E-state index contributed by atoms with van der Waals surface area (Å²) in [6.45, 7) is 2.39. The molecule has 0 aliphatic carbocycles. The van der Waals surface area contributed by atoms with Crippen molar-refractivity contribution in [2.45, 2.75) is 36.1 Å². The van der Waals surface area contributed by atoms with Crippen LogP contribution in [0.15, 0.2) is 47.8 Å². The van der Waals surface area contributed by atoms with Gasteiger partial charge in [-0.05, 0) is 25.5 Å². The Labute approximate surface area is 191 Å². The first kappa shape index (κ1) is 22.3. The highest BCUT2D eigenvalue weighted by molar-refractivity contribution is 7.92. The number of aromatic nitrogens is 4. The second-order valence-corrected chi connectivity index (χ2v) is 10.4. The summed E-state index contributed by atoms with van der Waals surface area (Å²) in [7, 11) is -0.586. The van der Waals surface area contributed by atoms with Crippen molar-refractivity contribution in [2.24, 2.45) is 7.05 Å². The maximum absolute atomic E-state index is 13.4. The number of nitrogens with zero attached hydrogens (tertiary/aromatic N) is 5. The number of halogens is 1. The lowest BCUT2D eigenvalue weighted by atomic mass is 10.2. The van der Waals surface area contributed by atoms with Gasteiger partial charge in [-0.2, -0.15) is 5.10 Å². The summed E-state index contributed by atoms with van der Waals surface area (Å²) in [6, 6.07) is 7.44. The van der Waals surface area contributed by atoms with Crippen LogP contribution < -0.4 is 4.90 Å². The van der Waals surface area contributed by atoms with Crippen LogP contribution in [0.3, 0.4) is 0 Å². The highest BCUT2D eigenvalue weighted by Gasteiger charge is 2.45. The van der Waals surface area contributed by atoms with Gasteiger partial charge < -0.3 is 14.2 Å². The maximum atomic E-state index is 13.4. The van der Waals surface area contributed by atoms with Crippen molar-refractivity contribution in [3.63, 3.8) is 0 Å². The van der Waals surface area contributed by atoms with E-state index in [4.69, 9.17) is 16.3 Å². The number of aryl methyl sites for hydroxylation is 2. The van der Waals surface area contributed by atoms with Crippen molar-refractivity contribution < 1.29 is 17.9 Å². The molecule has 0 radical (unpaired) electrons. The third-order valence-corrected chi connectivity index (χ3v) is 8.35. The van der Waals surface area contributed by atoms with E-state index in [2.05, 4.69) is 10.1 Å². The third kappa shape index (κ3) is 4.00. The summed E-state index contributed by atoms with van der Waals surface area (Å²) in [5.41, 5.74) is 1.67. The number of esters is 1. The first-order chi connectivity index (χ1) is 15.2. The van der Waals surface area contributed by atoms with Crippen LogP contribution in [0, 0.1) is 6.92 Å². The third-order valence-electron chi connectivity index (χ3n) is 5.72. The molecule has 32 heavy (non-hydrogen) atoms. The topological polar surface area (TPSA) is 99.3 Å². The molecule has 1 fully saturated rings. The van der Waals surface area contributed by atoms with Crippen LogP contribution in [-0.2, 0) is 33.0 Å². The lowest BCUT2D eigenvalue weighted by molar-refractivity contribution is -0.141. The normalized spacial score (nSPS) is 18.8. The number of methoxy groups -OCH3 is 1. The zero-order valence-electron chi connectivity index (χ0n) is 18.0. The first-order valence-electron chi connectivity index (χ1n) is 10.0. The fourth-order valence-corrected chi connectivity index (χ4v) is 6.28. The number of sulfone groups is 1. The fourth-order valence-electron chi connectivity index (χ4n) is 4.06. The van der Waals surface area contributed by atoms with Crippen LogP contribution in [0.1, 0.15) is 17.8 Å². The van der Waals surface area contributed by atoms with Crippen LogP contribution >= 0.6 is 11.6 Å². The predicted octanol–water partition coefficient (Wildman–Crippen LogP) is 2.22. The van der Waals surface area contributed by atoms with Crippen LogP contribution in [0.25, 0.3) is 0 Å². The zero-order valence-corrected chi connectivity index (χ0v) is 19.5. The van der Waals surface area contributed by atoms with E-state index in [-0.39, 0.29) is 22.9 Å². The fraction of sp³-hybridized carbons (Fsp3) is 0.381. The lowest BCUT2D eigenvalue weighted by Gasteiger charge is -2.25. The van der Waals surface area contributed by atoms with E-state index in [9.17, 15) is 13.2 Å². The number of anilines is 1. The Morgan fingerprint density at radius 2 is 2.06 bits per heavy atom. The minimum Gasteiger partial charge on any atom is -0.467 e. The summed E-state index contributed by atoms with van der Waals surface area (Å²) < 4.78 is 35.4. The Hall–Kier alpha value is -2.85. The molecule has 1 aromatic carbocycles. The van der Waals surface area contributed by atoms with Gasteiger partial charge in [0, 0.05) is 19.7 Å². The van der Waals surface area contributed by atoms with E-state index >= 15 is 0 Å². The van der Waals surface area contributed by atoms with Gasteiger partial charge >= 0.3 is 5.97 Å². The molecule has 1 saturated heterocycles. The lowest BCUT2D eigenvalue weighted by Crippen LogP contribution is -2.38. The van der Waals surface area contributed by atoms with Gasteiger partial charge in [0.05, 0.1) is 52.7 Å². The molecule has 3 heterocycles. The van der Waals surface area contributed by atoms with E-state index in [1.807, 2.05) is 24.6 Å². The standard InChI is InChI=1S/C21H24ClN5O4S/c1-14-8-20(27(24-14)11-15-10-23-13-25(15)2)26-12-16(9-18(26)21(28)31-3)32(29,30)19-7-5-4-6-17(19)22/h4-8,10,13,16,18H,9,11-12H2,1-3H3/t16-,18+/m1/s1. The van der Waals surface area contributed by atoms with E-state index in [1.54, 1.807) is 40.3 Å². The van der Waals surface area contributed by atoms with E-state index in [0.717, 1.165) is 11.4 Å². The molecule has 0 N–H and O–H groups in total. The molecule has 170 valence electrons. The second kappa shape index (κ2) is 8.59. The molecule has 3 aromatic rings. The van der Waals surface area contributed by atoms with E-state index in [1.165, 1.54) is 13.2 Å². The van der Waals surface area contributed by atoms with Crippen LogP contribution in [0.2, 0.25) is 5.02 Å².